The van der Waals surface area contributed by atoms with E-state index in [1.165, 1.54) is 22.3 Å². The first-order valence-corrected chi connectivity index (χ1v) is 10.9. The van der Waals surface area contributed by atoms with Crippen LogP contribution < -0.4 is 0 Å². The summed E-state index contributed by atoms with van der Waals surface area (Å²) >= 11 is 0. The molecule has 0 fully saturated rings. The van der Waals surface area contributed by atoms with Crippen LogP contribution >= 0.6 is 0 Å². The summed E-state index contributed by atoms with van der Waals surface area (Å²) in [6.07, 6.45) is 2.80. The molecule has 1 atom stereocenters. The Balaban J connectivity index is 1.87. The Kier molecular flexibility index (Phi) is 5.63. The first-order valence-electron chi connectivity index (χ1n) is 10.9. The second kappa shape index (κ2) is 8.35. The van der Waals surface area contributed by atoms with Crippen LogP contribution in [0.25, 0.3) is 0 Å². The van der Waals surface area contributed by atoms with Gasteiger partial charge in [-0.05, 0) is 41.5 Å². The largest absolute Gasteiger partial charge is 0.331 e. The van der Waals surface area contributed by atoms with Crippen molar-refractivity contribution in [3.05, 3.63) is 107 Å². The lowest BCUT2D eigenvalue weighted by Gasteiger charge is -2.44. The van der Waals surface area contributed by atoms with Crippen molar-refractivity contribution in [2.75, 3.05) is 13.6 Å². The standard InChI is InChI=1S/C27H31N3/c1-6-19(3)25-23(7-2)20(4)29(5)27(28-25)30-18-17-21-13-11-12-16-24(21)26(30)22-14-9-8-10-15-22/h8-16,26H,3-4,6-7,17-18H2,1-2,5H3. The Labute approximate surface area is 180 Å². The van der Waals surface area contributed by atoms with Crippen molar-refractivity contribution in [3.63, 3.8) is 0 Å². The third kappa shape index (κ3) is 3.39. The summed E-state index contributed by atoms with van der Waals surface area (Å²) in [6, 6.07) is 19.7. The van der Waals surface area contributed by atoms with Crippen LogP contribution in [0.4, 0.5) is 0 Å². The number of aliphatic imine (C=N–C) groups is 1. The third-order valence-electron chi connectivity index (χ3n) is 6.32. The first-order chi connectivity index (χ1) is 14.6. The van der Waals surface area contributed by atoms with Gasteiger partial charge in [0.25, 0.3) is 0 Å². The summed E-state index contributed by atoms with van der Waals surface area (Å²) < 4.78 is 0. The predicted octanol–water partition coefficient (Wildman–Crippen LogP) is 6.08. The van der Waals surface area contributed by atoms with Gasteiger partial charge >= 0.3 is 0 Å². The molecule has 0 saturated carbocycles. The molecular formula is C27H31N3. The Morgan fingerprint density at radius 1 is 1.07 bits per heavy atom. The van der Waals surface area contributed by atoms with E-state index in [1.807, 2.05) is 0 Å². The van der Waals surface area contributed by atoms with Crippen LogP contribution in [0.5, 0.6) is 0 Å². The fraction of sp³-hybridized carbons (Fsp3) is 0.296. The maximum atomic E-state index is 5.20. The lowest BCUT2D eigenvalue weighted by molar-refractivity contribution is 0.301. The van der Waals surface area contributed by atoms with Gasteiger partial charge in [0.05, 0.1) is 11.7 Å². The molecule has 0 spiro atoms. The average molecular weight is 398 g/mol. The zero-order chi connectivity index (χ0) is 21.3. The highest BCUT2D eigenvalue weighted by molar-refractivity contribution is 5.87. The molecule has 3 heteroatoms. The maximum absolute atomic E-state index is 5.20. The molecule has 2 aliphatic heterocycles. The Morgan fingerprint density at radius 2 is 1.77 bits per heavy atom. The number of nitrogens with zero attached hydrogens (tertiary/aromatic N) is 3. The summed E-state index contributed by atoms with van der Waals surface area (Å²) in [7, 11) is 2.09. The van der Waals surface area contributed by atoms with Gasteiger partial charge in [-0.2, -0.15) is 0 Å². The Bertz CT molecular complexity index is 1030. The second-order valence-corrected chi connectivity index (χ2v) is 8.01. The molecule has 0 radical (unpaired) electrons. The van der Waals surface area contributed by atoms with Crippen LogP contribution in [-0.4, -0.2) is 29.4 Å². The lowest BCUT2D eigenvalue weighted by atomic mass is 9.88. The highest BCUT2D eigenvalue weighted by Gasteiger charge is 2.35. The zero-order valence-corrected chi connectivity index (χ0v) is 18.4. The maximum Gasteiger partial charge on any atom is 0.206 e. The van der Waals surface area contributed by atoms with E-state index < -0.39 is 0 Å². The second-order valence-electron chi connectivity index (χ2n) is 8.01. The van der Waals surface area contributed by atoms with Gasteiger partial charge in [0.15, 0.2) is 0 Å². The van der Waals surface area contributed by atoms with Crippen LogP contribution in [0.1, 0.15) is 49.4 Å². The fourth-order valence-corrected chi connectivity index (χ4v) is 4.57. The van der Waals surface area contributed by atoms with Gasteiger partial charge < -0.3 is 9.80 Å². The predicted molar refractivity (Wildman–Crippen MR) is 126 cm³/mol. The Hall–Kier alpha value is -3.07. The minimum atomic E-state index is 0.129. The van der Waals surface area contributed by atoms with Gasteiger partial charge in [-0.15, -0.1) is 0 Å². The monoisotopic (exact) mass is 397 g/mol. The summed E-state index contributed by atoms with van der Waals surface area (Å²) in [5.74, 6) is 0.963. The zero-order valence-electron chi connectivity index (χ0n) is 18.4. The molecule has 4 rings (SSSR count). The first kappa shape index (κ1) is 20.2. The molecule has 1 unspecified atom stereocenters. The summed E-state index contributed by atoms with van der Waals surface area (Å²) in [5.41, 5.74) is 8.38. The van der Waals surface area contributed by atoms with E-state index >= 15 is 0 Å². The molecule has 0 bridgehead atoms. The van der Waals surface area contributed by atoms with E-state index in [0.29, 0.717) is 0 Å². The van der Waals surface area contributed by atoms with E-state index in [0.717, 1.165) is 48.7 Å². The topological polar surface area (TPSA) is 18.8 Å². The van der Waals surface area contributed by atoms with Crippen molar-refractivity contribution in [1.29, 1.82) is 0 Å². The number of benzene rings is 2. The number of hydrogen-bond donors (Lipinski definition) is 0. The van der Waals surface area contributed by atoms with Gasteiger partial charge in [-0.3, -0.25) is 0 Å². The van der Waals surface area contributed by atoms with Crippen LogP contribution in [0.15, 0.2) is 95.3 Å². The van der Waals surface area contributed by atoms with Crippen molar-refractivity contribution < 1.29 is 0 Å². The highest BCUT2D eigenvalue weighted by atomic mass is 15.4. The molecule has 0 aromatic heterocycles. The molecule has 2 aromatic carbocycles. The van der Waals surface area contributed by atoms with Crippen molar-refractivity contribution in [2.24, 2.45) is 4.99 Å². The molecule has 0 amide bonds. The van der Waals surface area contributed by atoms with E-state index in [9.17, 15) is 0 Å². The van der Waals surface area contributed by atoms with Crippen LogP contribution in [0, 0.1) is 0 Å². The number of likely N-dealkylation sites (N-methyl/N-ethyl adjacent to an activating group) is 1. The van der Waals surface area contributed by atoms with Gasteiger partial charge in [0, 0.05) is 24.9 Å². The van der Waals surface area contributed by atoms with Crippen LogP contribution in [0.3, 0.4) is 0 Å². The molecule has 0 aliphatic carbocycles. The van der Waals surface area contributed by atoms with Crippen molar-refractivity contribution in [1.82, 2.24) is 9.80 Å². The quantitative estimate of drug-likeness (QED) is 0.623. The summed E-state index contributed by atoms with van der Waals surface area (Å²) in [5, 5.41) is 0. The molecule has 0 saturated heterocycles. The van der Waals surface area contributed by atoms with Crippen molar-refractivity contribution in [3.8, 4) is 0 Å². The van der Waals surface area contributed by atoms with Gasteiger partial charge in [-0.1, -0.05) is 81.6 Å². The van der Waals surface area contributed by atoms with Crippen molar-refractivity contribution in [2.45, 2.75) is 39.2 Å². The molecular weight excluding hydrogens is 366 g/mol. The normalized spacial score (nSPS) is 19.0. The third-order valence-corrected chi connectivity index (χ3v) is 6.32. The number of allylic oxidation sites excluding steroid dienone is 2. The molecule has 30 heavy (non-hydrogen) atoms. The van der Waals surface area contributed by atoms with Gasteiger partial charge in [0.2, 0.25) is 5.96 Å². The minimum Gasteiger partial charge on any atom is -0.331 e. The smallest absolute Gasteiger partial charge is 0.206 e. The van der Waals surface area contributed by atoms with Crippen LogP contribution in [0.2, 0.25) is 0 Å². The highest BCUT2D eigenvalue weighted by Crippen LogP contribution is 2.39. The minimum absolute atomic E-state index is 0.129. The molecule has 3 nitrogen and oxygen atoms in total. The van der Waals surface area contributed by atoms with Crippen molar-refractivity contribution >= 4 is 5.96 Å². The van der Waals surface area contributed by atoms with E-state index in [4.69, 9.17) is 4.99 Å². The summed E-state index contributed by atoms with van der Waals surface area (Å²) in [4.78, 5) is 9.80. The number of hydrogen-bond acceptors (Lipinski definition) is 3. The van der Waals surface area contributed by atoms with E-state index in [2.05, 4.69) is 98.5 Å². The lowest BCUT2D eigenvalue weighted by Crippen LogP contribution is -2.48. The van der Waals surface area contributed by atoms with Crippen LogP contribution in [-0.2, 0) is 6.42 Å². The van der Waals surface area contributed by atoms with E-state index in [1.54, 1.807) is 0 Å². The molecule has 2 aliphatic rings. The van der Waals surface area contributed by atoms with Gasteiger partial charge in [-0.25, -0.2) is 4.99 Å². The Morgan fingerprint density at radius 3 is 2.47 bits per heavy atom. The fourth-order valence-electron chi connectivity index (χ4n) is 4.57. The summed E-state index contributed by atoms with van der Waals surface area (Å²) in [6.45, 7) is 14.0. The molecule has 154 valence electrons. The number of rotatable bonds is 4. The van der Waals surface area contributed by atoms with Gasteiger partial charge in [0.1, 0.15) is 0 Å². The van der Waals surface area contributed by atoms with E-state index in [-0.39, 0.29) is 6.04 Å². The number of guanidine groups is 1. The average Bonchev–Trinajstić information content (AvgIpc) is 2.80. The number of fused-ring (bicyclic) bond motifs is 1. The SMILES string of the molecule is C=C(CC)C1=C(CC)C(=C)N(C)C(N2CCc3ccccc3C2c2ccccc2)=N1. The molecule has 0 N–H and O–H groups in total. The molecule has 2 aromatic rings. The molecule has 2 heterocycles.